The van der Waals surface area contributed by atoms with E-state index in [1.54, 1.807) is 18.4 Å². The van der Waals surface area contributed by atoms with Gasteiger partial charge in [-0.2, -0.15) is 0 Å². The van der Waals surface area contributed by atoms with E-state index in [0.717, 1.165) is 28.3 Å². The fourth-order valence-electron chi connectivity index (χ4n) is 5.13. The molecule has 7 heteroatoms. The van der Waals surface area contributed by atoms with Gasteiger partial charge in [0.25, 0.3) is 0 Å². The molecule has 4 aromatic rings. The lowest BCUT2D eigenvalue weighted by molar-refractivity contribution is -0.127. The first-order valence-corrected chi connectivity index (χ1v) is 14.9. The SMILES string of the molecule is C=CN.C=NC.CCCC(=O)C(C=O)Cc1cc2c(s1)N/C=C(n1c3ccccc3c3ccccc31)\C=C(/C)C2(C)C. The number of rotatable bonds is 7. The Morgan fingerprint density at radius 3 is 2.21 bits per heavy atom. The Balaban J connectivity index is 0.000000745. The summed E-state index contributed by atoms with van der Waals surface area (Å²) in [4.78, 5) is 28.4. The number of nitrogens with zero attached hydrogens (tertiary/aromatic N) is 2. The highest BCUT2D eigenvalue weighted by Gasteiger charge is 2.30. The zero-order valence-electron chi connectivity index (χ0n) is 25.3. The molecule has 42 heavy (non-hydrogen) atoms. The van der Waals surface area contributed by atoms with Gasteiger partial charge in [-0.1, -0.05) is 69.3 Å². The number of aromatic nitrogens is 1. The third kappa shape index (κ3) is 6.80. The fourth-order valence-corrected chi connectivity index (χ4v) is 6.37. The second-order valence-electron chi connectivity index (χ2n) is 10.7. The Hall–Kier alpha value is -4.23. The van der Waals surface area contributed by atoms with E-state index in [1.165, 1.54) is 39.1 Å². The molecule has 0 amide bonds. The maximum atomic E-state index is 12.4. The number of anilines is 1. The second-order valence-corrected chi connectivity index (χ2v) is 11.8. The second kappa shape index (κ2) is 14.6. The Kier molecular flexibility index (Phi) is 11.2. The Morgan fingerprint density at radius 1 is 1.14 bits per heavy atom. The number of allylic oxidation sites excluding steroid dienone is 3. The van der Waals surface area contributed by atoms with Crippen LogP contribution in [0.5, 0.6) is 0 Å². The first-order valence-electron chi connectivity index (χ1n) is 14.1. The average molecular weight is 583 g/mol. The van der Waals surface area contributed by atoms with Crippen LogP contribution in [0.15, 0.2) is 90.2 Å². The number of aliphatic imine (C=N–C) groups is 1. The van der Waals surface area contributed by atoms with Crippen molar-refractivity contribution in [3.05, 3.63) is 95.7 Å². The van der Waals surface area contributed by atoms with Gasteiger partial charge in [-0.05, 0) is 62.5 Å². The first kappa shape index (κ1) is 32.3. The number of para-hydroxylation sites is 2. The van der Waals surface area contributed by atoms with Gasteiger partial charge in [0, 0.05) is 40.7 Å². The Bertz CT molecular complexity index is 1580. The van der Waals surface area contributed by atoms with E-state index in [9.17, 15) is 9.59 Å². The highest BCUT2D eigenvalue weighted by molar-refractivity contribution is 7.16. The lowest BCUT2D eigenvalue weighted by atomic mass is 9.78. The number of nitrogens with two attached hydrogens (primary N) is 1. The molecule has 0 spiro atoms. The standard InChI is InChI=1S/C31H32N2O2S.2C2H5N/c1-5-10-29(35)21(19-34)16-23-17-26-30(36-23)32-18-22(15-20(2)31(26,3)4)33-27-13-8-6-11-24(27)25-12-7-9-14-28(25)33;1-3-2;1-2-3/h6-9,11-15,17-19,21,32H,5,10,16H2,1-4H3;1H2,2H3;2H,1,3H2/b20-15+,22-18+;;. The van der Waals surface area contributed by atoms with Crippen LogP contribution in [0.2, 0.25) is 0 Å². The quantitative estimate of drug-likeness (QED) is 0.131. The molecule has 0 radical (unpaired) electrons. The summed E-state index contributed by atoms with van der Waals surface area (Å²) in [6.07, 6.45) is 8.09. The normalized spacial score (nSPS) is 16.7. The highest BCUT2D eigenvalue weighted by Crippen LogP contribution is 2.44. The monoisotopic (exact) mass is 582 g/mol. The lowest BCUT2D eigenvalue weighted by Crippen LogP contribution is -2.21. The topological polar surface area (TPSA) is 89.5 Å². The number of carbonyl (C=O) groups excluding carboxylic acids is 2. The number of hydrogen-bond donors (Lipinski definition) is 2. The van der Waals surface area contributed by atoms with Crippen molar-refractivity contribution in [1.29, 1.82) is 0 Å². The number of ketones is 1. The van der Waals surface area contributed by atoms with Gasteiger partial charge in [0.15, 0.2) is 0 Å². The van der Waals surface area contributed by atoms with Gasteiger partial charge >= 0.3 is 0 Å². The van der Waals surface area contributed by atoms with E-state index < -0.39 is 5.92 Å². The number of hydrogen-bond acceptors (Lipinski definition) is 6. The molecule has 220 valence electrons. The summed E-state index contributed by atoms with van der Waals surface area (Å²) in [6, 6.07) is 19.2. The molecular formula is C35H42N4O2S. The molecule has 0 fully saturated rings. The molecule has 0 bridgehead atoms. The summed E-state index contributed by atoms with van der Waals surface area (Å²) >= 11 is 1.64. The zero-order valence-corrected chi connectivity index (χ0v) is 26.1. The molecule has 1 aliphatic rings. The van der Waals surface area contributed by atoms with Crippen molar-refractivity contribution in [3.63, 3.8) is 0 Å². The van der Waals surface area contributed by atoms with E-state index in [-0.39, 0.29) is 11.2 Å². The van der Waals surface area contributed by atoms with Crippen LogP contribution in [0, 0.1) is 5.92 Å². The third-order valence-corrected chi connectivity index (χ3v) is 8.58. The van der Waals surface area contributed by atoms with E-state index >= 15 is 0 Å². The summed E-state index contributed by atoms with van der Waals surface area (Å²) < 4.78 is 2.32. The predicted molar refractivity (Wildman–Crippen MR) is 181 cm³/mol. The molecule has 3 N–H and O–H groups in total. The summed E-state index contributed by atoms with van der Waals surface area (Å²) in [5, 5.41) is 7.12. The lowest BCUT2D eigenvalue weighted by Gasteiger charge is -2.29. The summed E-state index contributed by atoms with van der Waals surface area (Å²) in [7, 11) is 1.64. The smallest absolute Gasteiger partial charge is 0.143 e. The van der Waals surface area contributed by atoms with E-state index in [1.807, 2.05) is 6.92 Å². The van der Waals surface area contributed by atoms with Crippen molar-refractivity contribution in [2.24, 2.45) is 16.6 Å². The maximum absolute atomic E-state index is 12.4. The molecule has 3 heterocycles. The number of Topliss-reactive ketones (excluding diaryl/α,β-unsaturated/α-hetero) is 1. The van der Waals surface area contributed by atoms with Gasteiger partial charge in [0.2, 0.25) is 0 Å². The van der Waals surface area contributed by atoms with Crippen molar-refractivity contribution in [1.82, 2.24) is 4.57 Å². The number of carbonyl (C=O) groups is 2. The predicted octanol–water partition coefficient (Wildman–Crippen LogP) is 8.14. The maximum Gasteiger partial charge on any atom is 0.143 e. The molecule has 0 aliphatic carbocycles. The van der Waals surface area contributed by atoms with Crippen LogP contribution in [-0.4, -0.2) is 30.4 Å². The summed E-state index contributed by atoms with van der Waals surface area (Å²) in [5.74, 6) is -0.539. The van der Waals surface area contributed by atoms with Crippen molar-refractivity contribution < 1.29 is 9.59 Å². The van der Waals surface area contributed by atoms with Gasteiger partial charge < -0.3 is 25.4 Å². The van der Waals surface area contributed by atoms with Crippen molar-refractivity contribution >= 4 is 62.6 Å². The van der Waals surface area contributed by atoms with Crippen LogP contribution in [0.4, 0.5) is 5.00 Å². The van der Waals surface area contributed by atoms with Crippen LogP contribution in [-0.2, 0) is 21.4 Å². The molecule has 0 saturated carbocycles. The number of nitrogens with one attached hydrogen (secondary N) is 1. The van der Waals surface area contributed by atoms with Crippen LogP contribution in [0.1, 0.15) is 51.0 Å². The highest BCUT2D eigenvalue weighted by atomic mass is 32.1. The zero-order chi connectivity index (χ0) is 30.9. The van der Waals surface area contributed by atoms with Gasteiger partial charge in [-0.15, -0.1) is 11.3 Å². The number of fused-ring (bicyclic) bond motifs is 4. The fraction of sp³-hybridized carbons (Fsp3) is 0.286. The molecule has 5 rings (SSSR count). The largest absolute Gasteiger partial charge is 0.405 e. The van der Waals surface area contributed by atoms with Crippen molar-refractivity contribution in [2.45, 2.75) is 52.4 Å². The van der Waals surface area contributed by atoms with Crippen LogP contribution >= 0.6 is 11.3 Å². The first-order chi connectivity index (χ1) is 20.2. The molecule has 0 saturated heterocycles. The number of thiophene rings is 1. The van der Waals surface area contributed by atoms with E-state index in [2.05, 4.69) is 122 Å². The minimum Gasteiger partial charge on any atom is -0.405 e. The molecule has 6 nitrogen and oxygen atoms in total. The van der Waals surface area contributed by atoms with Crippen molar-refractivity contribution in [3.8, 4) is 0 Å². The van der Waals surface area contributed by atoms with Crippen LogP contribution < -0.4 is 11.1 Å². The van der Waals surface area contributed by atoms with Crippen molar-refractivity contribution in [2.75, 3.05) is 12.4 Å². The summed E-state index contributed by atoms with van der Waals surface area (Å²) in [6.45, 7) is 14.9. The number of aldehydes is 1. The van der Waals surface area contributed by atoms with Gasteiger partial charge in [-0.3, -0.25) is 4.79 Å². The van der Waals surface area contributed by atoms with Gasteiger partial charge in [-0.25, -0.2) is 0 Å². The number of benzene rings is 2. The third-order valence-electron chi connectivity index (χ3n) is 7.49. The molecule has 2 aromatic heterocycles. The minimum atomic E-state index is -0.571. The molecular weight excluding hydrogens is 540 g/mol. The van der Waals surface area contributed by atoms with Crippen LogP contribution in [0.25, 0.3) is 27.5 Å². The molecule has 1 aliphatic heterocycles. The summed E-state index contributed by atoms with van der Waals surface area (Å²) in [5.41, 5.74) is 10.2. The minimum absolute atomic E-state index is 0.0326. The van der Waals surface area contributed by atoms with Crippen LogP contribution in [0.3, 0.4) is 0 Å². The van der Waals surface area contributed by atoms with Gasteiger partial charge in [0.05, 0.1) is 27.6 Å². The van der Waals surface area contributed by atoms with Gasteiger partial charge in [0.1, 0.15) is 12.1 Å². The molecule has 1 unspecified atom stereocenters. The average Bonchev–Trinajstić information content (AvgIpc) is 3.53. The molecule has 1 atom stereocenters. The molecule has 2 aromatic carbocycles. The Labute approximate surface area is 253 Å². The van der Waals surface area contributed by atoms with E-state index in [0.29, 0.717) is 12.8 Å². The van der Waals surface area contributed by atoms with E-state index in [4.69, 9.17) is 0 Å². The Morgan fingerprint density at radius 2 is 1.69 bits per heavy atom.